The van der Waals surface area contributed by atoms with Crippen molar-refractivity contribution in [3.05, 3.63) is 68.3 Å². The second-order valence-corrected chi connectivity index (χ2v) is 7.98. The van der Waals surface area contributed by atoms with E-state index in [-0.39, 0.29) is 5.56 Å². The van der Waals surface area contributed by atoms with Crippen LogP contribution >= 0.6 is 22.9 Å². The van der Waals surface area contributed by atoms with Crippen LogP contribution in [-0.2, 0) is 0 Å². The van der Waals surface area contributed by atoms with Crippen molar-refractivity contribution in [2.24, 2.45) is 0 Å². The number of hydrogen-bond donors (Lipinski definition) is 1. The van der Waals surface area contributed by atoms with E-state index in [2.05, 4.69) is 4.98 Å². The van der Waals surface area contributed by atoms with E-state index in [1.54, 1.807) is 19.2 Å². The first-order valence-electron chi connectivity index (χ1n) is 8.42. The highest BCUT2D eigenvalue weighted by Crippen LogP contribution is 2.40. The normalized spacial score (nSPS) is 11.1. The van der Waals surface area contributed by atoms with Crippen molar-refractivity contribution in [3.8, 4) is 28.3 Å². The quantitative estimate of drug-likeness (QED) is 0.490. The fourth-order valence-corrected chi connectivity index (χ4v) is 4.37. The third kappa shape index (κ3) is 3.13. The number of thiophene rings is 1. The molecular weight excluding hydrogens is 380 g/mol. The summed E-state index contributed by atoms with van der Waals surface area (Å²) < 4.78 is 5.53. The van der Waals surface area contributed by atoms with E-state index in [9.17, 15) is 4.79 Å². The molecule has 27 heavy (non-hydrogen) atoms. The molecule has 2 heterocycles. The molecule has 0 aliphatic heterocycles. The number of H-pyrrole nitrogens is 1. The van der Waals surface area contributed by atoms with Crippen LogP contribution in [0, 0.1) is 13.8 Å². The zero-order chi connectivity index (χ0) is 19.1. The second kappa shape index (κ2) is 6.83. The monoisotopic (exact) mass is 396 g/mol. The first kappa shape index (κ1) is 17.8. The summed E-state index contributed by atoms with van der Waals surface area (Å²) in [5, 5.41) is 1.24. The van der Waals surface area contributed by atoms with Crippen molar-refractivity contribution in [3.63, 3.8) is 0 Å². The summed E-state index contributed by atoms with van der Waals surface area (Å²) in [7, 11) is 1.64. The standard InChI is InChI=1S/C21H17ClN2O2S/c1-11-4-9-16(26-3)15(10-11)17-12(2)27-21-18(17)20(25)23-19(24-21)13-5-7-14(22)8-6-13/h4-10H,1-3H3,(H,23,24,25). The van der Waals surface area contributed by atoms with Crippen molar-refractivity contribution in [1.82, 2.24) is 9.97 Å². The maximum absolute atomic E-state index is 13.0. The predicted molar refractivity (Wildman–Crippen MR) is 112 cm³/mol. The Morgan fingerprint density at radius 3 is 2.56 bits per heavy atom. The van der Waals surface area contributed by atoms with Gasteiger partial charge in [0.2, 0.25) is 0 Å². The Labute approximate surface area is 165 Å². The van der Waals surface area contributed by atoms with Gasteiger partial charge in [-0.15, -0.1) is 11.3 Å². The Balaban J connectivity index is 1.97. The predicted octanol–water partition coefficient (Wildman–Crippen LogP) is 5.60. The third-order valence-corrected chi connectivity index (χ3v) is 5.73. The molecule has 4 aromatic rings. The molecule has 2 aromatic heterocycles. The number of ether oxygens (including phenoxy) is 1. The summed E-state index contributed by atoms with van der Waals surface area (Å²) in [6.07, 6.45) is 0. The minimum Gasteiger partial charge on any atom is -0.496 e. The van der Waals surface area contributed by atoms with Crippen molar-refractivity contribution in [1.29, 1.82) is 0 Å². The lowest BCUT2D eigenvalue weighted by Gasteiger charge is -2.10. The Morgan fingerprint density at radius 2 is 1.85 bits per heavy atom. The van der Waals surface area contributed by atoms with Crippen LogP contribution in [0.4, 0.5) is 0 Å². The van der Waals surface area contributed by atoms with Gasteiger partial charge in [-0.25, -0.2) is 4.98 Å². The van der Waals surface area contributed by atoms with Crippen molar-refractivity contribution < 1.29 is 4.74 Å². The van der Waals surface area contributed by atoms with Crippen LogP contribution in [0.3, 0.4) is 0 Å². The Kier molecular flexibility index (Phi) is 4.50. The zero-order valence-electron chi connectivity index (χ0n) is 15.1. The van der Waals surface area contributed by atoms with Crippen LogP contribution < -0.4 is 10.3 Å². The van der Waals surface area contributed by atoms with E-state index in [1.165, 1.54) is 11.3 Å². The summed E-state index contributed by atoms with van der Waals surface area (Å²) in [4.78, 5) is 22.3. The highest BCUT2D eigenvalue weighted by Gasteiger charge is 2.20. The molecule has 136 valence electrons. The number of rotatable bonds is 3. The van der Waals surface area contributed by atoms with Crippen molar-refractivity contribution >= 4 is 33.2 Å². The van der Waals surface area contributed by atoms with Gasteiger partial charge in [0, 0.05) is 26.6 Å². The molecule has 6 heteroatoms. The van der Waals surface area contributed by atoms with Crippen LogP contribution in [0.1, 0.15) is 10.4 Å². The molecule has 0 saturated heterocycles. The number of hydrogen-bond acceptors (Lipinski definition) is 4. The Hall–Kier alpha value is -2.63. The first-order chi connectivity index (χ1) is 13.0. The van der Waals surface area contributed by atoms with Crippen LogP contribution in [0.5, 0.6) is 5.75 Å². The molecule has 4 nitrogen and oxygen atoms in total. The zero-order valence-corrected chi connectivity index (χ0v) is 16.7. The lowest BCUT2D eigenvalue weighted by atomic mass is 10.0. The molecule has 0 saturated carbocycles. The van der Waals surface area contributed by atoms with Gasteiger partial charge in [-0.3, -0.25) is 4.79 Å². The summed E-state index contributed by atoms with van der Waals surface area (Å²) in [6, 6.07) is 13.2. The molecular formula is C21H17ClN2O2S. The summed E-state index contributed by atoms with van der Waals surface area (Å²) in [6.45, 7) is 4.03. The lowest BCUT2D eigenvalue weighted by molar-refractivity contribution is 0.416. The van der Waals surface area contributed by atoms with Gasteiger partial charge in [0.15, 0.2) is 0 Å². The van der Waals surface area contributed by atoms with Gasteiger partial charge in [0.1, 0.15) is 16.4 Å². The van der Waals surface area contributed by atoms with Gasteiger partial charge in [-0.05, 0) is 50.2 Å². The van der Waals surface area contributed by atoms with Crippen LogP contribution in [-0.4, -0.2) is 17.1 Å². The molecule has 0 unspecified atom stereocenters. The van der Waals surface area contributed by atoms with Gasteiger partial charge in [0.05, 0.1) is 12.5 Å². The Bertz CT molecular complexity index is 1210. The van der Waals surface area contributed by atoms with E-state index < -0.39 is 0 Å². The van der Waals surface area contributed by atoms with Gasteiger partial charge < -0.3 is 9.72 Å². The van der Waals surface area contributed by atoms with Crippen LogP contribution in [0.15, 0.2) is 47.3 Å². The van der Waals surface area contributed by atoms with E-state index in [0.717, 1.165) is 32.9 Å². The van der Waals surface area contributed by atoms with E-state index in [4.69, 9.17) is 21.3 Å². The Morgan fingerprint density at radius 1 is 1.11 bits per heavy atom. The molecule has 0 fully saturated rings. The lowest BCUT2D eigenvalue weighted by Crippen LogP contribution is -2.09. The number of aryl methyl sites for hydroxylation is 2. The van der Waals surface area contributed by atoms with Crippen molar-refractivity contribution in [2.45, 2.75) is 13.8 Å². The van der Waals surface area contributed by atoms with Crippen LogP contribution in [0.25, 0.3) is 32.7 Å². The molecule has 1 N–H and O–H groups in total. The second-order valence-electron chi connectivity index (χ2n) is 6.34. The number of fused-ring (bicyclic) bond motifs is 1. The molecule has 0 radical (unpaired) electrons. The minimum atomic E-state index is -0.159. The number of aromatic nitrogens is 2. The smallest absolute Gasteiger partial charge is 0.260 e. The van der Waals surface area contributed by atoms with E-state index in [0.29, 0.717) is 21.1 Å². The molecule has 0 amide bonds. The minimum absolute atomic E-state index is 0.159. The molecule has 0 spiro atoms. The number of methoxy groups -OCH3 is 1. The summed E-state index contributed by atoms with van der Waals surface area (Å²) in [5.41, 5.74) is 3.55. The number of nitrogens with one attached hydrogen (secondary N) is 1. The largest absolute Gasteiger partial charge is 0.496 e. The number of benzene rings is 2. The molecule has 0 aliphatic carbocycles. The molecule has 0 aliphatic rings. The molecule has 4 rings (SSSR count). The SMILES string of the molecule is COc1ccc(C)cc1-c1c(C)sc2nc(-c3ccc(Cl)cc3)[nH]c(=O)c12. The average Bonchev–Trinajstić information content (AvgIpc) is 2.98. The maximum Gasteiger partial charge on any atom is 0.260 e. The summed E-state index contributed by atoms with van der Waals surface area (Å²) in [5.74, 6) is 1.28. The van der Waals surface area contributed by atoms with Gasteiger partial charge in [0.25, 0.3) is 5.56 Å². The van der Waals surface area contributed by atoms with E-state index in [1.807, 2.05) is 44.2 Å². The maximum atomic E-state index is 13.0. The summed E-state index contributed by atoms with van der Waals surface area (Å²) >= 11 is 7.47. The average molecular weight is 397 g/mol. The topological polar surface area (TPSA) is 55.0 Å². The highest BCUT2D eigenvalue weighted by atomic mass is 35.5. The molecule has 0 bridgehead atoms. The number of aromatic amines is 1. The third-order valence-electron chi connectivity index (χ3n) is 4.48. The molecule has 2 aromatic carbocycles. The van der Waals surface area contributed by atoms with Gasteiger partial charge in [-0.2, -0.15) is 0 Å². The molecule has 0 atom stereocenters. The van der Waals surface area contributed by atoms with Crippen LogP contribution in [0.2, 0.25) is 5.02 Å². The fourth-order valence-electron chi connectivity index (χ4n) is 3.20. The van der Waals surface area contributed by atoms with Gasteiger partial charge in [-0.1, -0.05) is 23.2 Å². The highest BCUT2D eigenvalue weighted by molar-refractivity contribution is 7.19. The number of nitrogens with zero attached hydrogens (tertiary/aromatic N) is 1. The van der Waals surface area contributed by atoms with Gasteiger partial charge >= 0.3 is 0 Å². The van der Waals surface area contributed by atoms with E-state index >= 15 is 0 Å². The van der Waals surface area contributed by atoms with Crippen molar-refractivity contribution in [2.75, 3.05) is 7.11 Å². The fraction of sp³-hybridized carbons (Fsp3) is 0.143. The first-order valence-corrected chi connectivity index (χ1v) is 9.61. The number of halogens is 1.